The maximum absolute atomic E-state index is 12.7. The van der Waals surface area contributed by atoms with Crippen LogP contribution in [-0.2, 0) is 16.1 Å². The highest BCUT2D eigenvalue weighted by atomic mass is 16.5. The largest absolute Gasteiger partial charge is 0.381 e. The minimum absolute atomic E-state index is 0.0598. The average molecular weight is 347 g/mol. The topological polar surface area (TPSA) is 41.6 Å². The van der Waals surface area contributed by atoms with E-state index in [1.165, 1.54) is 5.56 Å². The normalized spacial score (nSPS) is 18.3. The van der Waals surface area contributed by atoms with E-state index in [9.17, 15) is 4.79 Å². The Balaban J connectivity index is 1.87. The number of carbonyl (C=O) groups is 1. The van der Waals surface area contributed by atoms with Crippen LogP contribution in [0, 0.1) is 17.8 Å². The number of carbonyl (C=O) groups excluding carboxylic acids is 1. The molecule has 0 saturated carbocycles. The molecule has 140 valence electrons. The average Bonchev–Trinajstić information content (AvgIpc) is 2.61. The minimum atomic E-state index is 0.0598. The highest BCUT2D eigenvalue weighted by molar-refractivity contribution is 5.79. The van der Waals surface area contributed by atoms with Crippen molar-refractivity contribution in [2.45, 2.75) is 46.2 Å². The van der Waals surface area contributed by atoms with Crippen LogP contribution in [-0.4, -0.2) is 43.7 Å². The van der Waals surface area contributed by atoms with Crippen molar-refractivity contribution in [2.24, 2.45) is 17.8 Å². The number of nitrogens with zero attached hydrogens (tertiary/aromatic N) is 1. The number of benzene rings is 1. The third kappa shape index (κ3) is 6.44. The van der Waals surface area contributed by atoms with Crippen molar-refractivity contribution >= 4 is 5.91 Å². The highest BCUT2D eigenvalue weighted by Crippen LogP contribution is 2.24. The van der Waals surface area contributed by atoms with Gasteiger partial charge in [0, 0.05) is 38.3 Å². The van der Waals surface area contributed by atoms with Crippen LogP contribution >= 0.6 is 0 Å². The Morgan fingerprint density at radius 1 is 1.20 bits per heavy atom. The molecule has 1 aliphatic rings. The van der Waals surface area contributed by atoms with Gasteiger partial charge in [-0.2, -0.15) is 0 Å². The Hall–Kier alpha value is -1.39. The van der Waals surface area contributed by atoms with Gasteiger partial charge in [0.25, 0.3) is 0 Å². The molecule has 1 amide bonds. The number of hydrogen-bond acceptors (Lipinski definition) is 3. The van der Waals surface area contributed by atoms with E-state index in [1.54, 1.807) is 0 Å². The van der Waals surface area contributed by atoms with Crippen LogP contribution in [0.4, 0.5) is 0 Å². The van der Waals surface area contributed by atoms with E-state index in [0.29, 0.717) is 11.8 Å². The molecular formula is C21H34N2O2. The summed E-state index contributed by atoms with van der Waals surface area (Å²) in [6, 6.07) is 10.6. The predicted octanol–water partition coefficient (Wildman–Crippen LogP) is 3.32. The maximum Gasteiger partial charge on any atom is 0.223 e. The number of hydrogen-bond donors (Lipinski definition) is 1. The van der Waals surface area contributed by atoms with Gasteiger partial charge in [-0.3, -0.25) is 4.79 Å². The first-order chi connectivity index (χ1) is 12.0. The molecule has 0 spiro atoms. The molecule has 1 fully saturated rings. The van der Waals surface area contributed by atoms with Gasteiger partial charge in [-0.05, 0) is 37.3 Å². The molecule has 0 bridgehead atoms. The maximum atomic E-state index is 12.7. The van der Waals surface area contributed by atoms with Gasteiger partial charge in [0.2, 0.25) is 5.91 Å². The molecular weight excluding hydrogens is 312 g/mol. The Morgan fingerprint density at radius 2 is 1.84 bits per heavy atom. The van der Waals surface area contributed by atoms with Crippen molar-refractivity contribution in [2.75, 3.05) is 26.8 Å². The SMILES string of the molecule is CC(C)[C@H](CN(C)Cc1ccccc1)NC(=O)[C@H](C)C1CCOCC1. The summed E-state index contributed by atoms with van der Waals surface area (Å²) in [5.41, 5.74) is 1.30. The molecule has 0 radical (unpaired) electrons. The van der Waals surface area contributed by atoms with Gasteiger partial charge in [0.15, 0.2) is 0 Å². The first-order valence-corrected chi connectivity index (χ1v) is 9.58. The van der Waals surface area contributed by atoms with Crippen LogP contribution in [0.3, 0.4) is 0 Å². The van der Waals surface area contributed by atoms with Gasteiger partial charge in [-0.15, -0.1) is 0 Å². The first kappa shape index (κ1) is 19.9. The lowest BCUT2D eigenvalue weighted by Gasteiger charge is -2.31. The van der Waals surface area contributed by atoms with Crippen molar-refractivity contribution in [1.82, 2.24) is 10.2 Å². The van der Waals surface area contributed by atoms with E-state index in [4.69, 9.17) is 4.74 Å². The second-order valence-corrected chi connectivity index (χ2v) is 7.78. The molecule has 4 heteroatoms. The quantitative estimate of drug-likeness (QED) is 0.785. The van der Waals surface area contributed by atoms with Crippen molar-refractivity contribution in [1.29, 1.82) is 0 Å². The molecule has 4 nitrogen and oxygen atoms in total. The zero-order chi connectivity index (χ0) is 18.2. The smallest absolute Gasteiger partial charge is 0.223 e. The van der Waals surface area contributed by atoms with Crippen molar-refractivity contribution in [3.8, 4) is 0 Å². The summed E-state index contributed by atoms with van der Waals surface area (Å²) in [4.78, 5) is 15.0. The van der Waals surface area contributed by atoms with Crippen LogP contribution in [0.25, 0.3) is 0 Å². The second-order valence-electron chi connectivity index (χ2n) is 7.78. The minimum Gasteiger partial charge on any atom is -0.381 e. The number of likely N-dealkylation sites (N-methyl/N-ethyl adjacent to an activating group) is 1. The zero-order valence-corrected chi connectivity index (χ0v) is 16.2. The molecule has 1 aromatic carbocycles. The van der Waals surface area contributed by atoms with E-state index >= 15 is 0 Å². The molecule has 2 rings (SSSR count). The molecule has 1 saturated heterocycles. The molecule has 1 N–H and O–H groups in total. The lowest BCUT2D eigenvalue weighted by atomic mass is 9.86. The van der Waals surface area contributed by atoms with Gasteiger partial charge >= 0.3 is 0 Å². The van der Waals surface area contributed by atoms with Crippen molar-refractivity contribution in [3.63, 3.8) is 0 Å². The van der Waals surface area contributed by atoms with E-state index < -0.39 is 0 Å². The molecule has 2 atom stereocenters. The van der Waals surface area contributed by atoms with Gasteiger partial charge in [0.1, 0.15) is 0 Å². The Morgan fingerprint density at radius 3 is 2.44 bits per heavy atom. The fraction of sp³-hybridized carbons (Fsp3) is 0.667. The lowest BCUT2D eigenvalue weighted by Crippen LogP contribution is -2.48. The van der Waals surface area contributed by atoms with Gasteiger partial charge in [-0.1, -0.05) is 51.1 Å². The summed E-state index contributed by atoms with van der Waals surface area (Å²) in [6.07, 6.45) is 1.99. The summed E-state index contributed by atoms with van der Waals surface area (Å²) in [5, 5.41) is 3.31. The third-order valence-electron chi connectivity index (χ3n) is 5.32. The van der Waals surface area contributed by atoms with Crippen molar-refractivity contribution in [3.05, 3.63) is 35.9 Å². The Labute approximate surface area is 152 Å². The Kier molecular flexibility index (Phi) is 7.91. The number of rotatable bonds is 8. The van der Waals surface area contributed by atoms with E-state index in [1.807, 2.05) is 6.07 Å². The summed E-state index contributed by atoms with van der Waals surface area (Å²) >= 11 is 0. The molecule has 1 aliphatic heterocycles. The monoisotopic (exact) mass is 346 g/mol. The molecule has 1 aromatic rings. The van der Waals surface area contributed by atoms with E-state index in [-0.39, 0.29) is 17.9 Å². The molecule has 0 unspecified atom stereocenters. The number of amides is 1. The molecule has 0 aromatic heterocycles. The summed E-state index contributed by atoms with van der Waals surface area (Å²) in [5.74, 6) is 1.11. The van der Waals surface area contributed by atoms with Gasteiger partial charge in [-0.25, -0.2) is 0 Å². The first-order valence-electron chi connectivity index (χ1n) is 9.58. The summed E-state index contributed by atoms with van der Waals surface area (Å²) < 4.78 is 5.42. The van der Waals surface area contributed by atoms with Gasteiger partial charge < -0.3 is 15.0 Å². The summed E-state index contributed by atoms with van der Waals surface area (Å²) in [6.45, 7) is 9.76. The fourth-order valence-electron chi connectivity index (χ4n) is 3.46. The van der Waals surface area contributed by atoms with E-state index in [2.05, 4.69) is 62.3 Å². The molecule has 1 heterocycles. The van der Waals surface area contributed by atoms with Crippen molar-refractivity contribution < 1.29 is 9.53 Å². The van der Waals surface area contributed by atoms with Crippen LogP contribution in [0.1, 0.15) is 39.2 Å². The second kappa shape index (κ2) is 9.93. The number of ether oxygens (including phenoxy) is 1. The highest BCUT2D eigenvalue weighted by Gasteiger charge is 2.28. The predicted molar refractivity (Wildman–Crippen MR) is 102 cm³/mol. The third-order valence-corrected chi connectivity index (χ3v) is 5.32. The molecule has 25 heavy (non-hydrogen) atoms. The Bertz CT molecular complexity index is 512. The number of nitrogens with one attached hydrogen (secondary N) is 1. The van der Waals surface area contributed by atoms with Gasteiger partial charge in [0.05, 0.1) is 0 Å². The zero-order valence-electron chi connectivity index (χ0n) is 16.2. The van der Waals surface area contributed by atoms with Crippen LogP contribution in [0.2, 0.25) is 0 Å². The standard InChI is InChI=1S/C21H34N2O2/c1-16(2)20(15-23(4)14-18-8-6-5-7-9-18)22-21(24)17(3)19-10-12-25-13-11-19/h5-9,16-17,19-20H,10-15H2,1-4H3,(H,22,24)/t17-,20+/m1/s1. The van der Waals surface area contributed by atoms with E-state index in [0.717, 1.165) is 39.1 Å². The lowest BCUT2D eigenvalue weighted by molar-refractivity contribution is -0.128. The fourth-order valence-corrected chi connectivity index (χ4v) is 3.46. The van der Waals surface area contributed by atoms with Crippen LogP contribution in [0.15, 0.2) is 30.3 Å². The van der Waals surface area contributed by atoms with Crippen LogP contribution in [0.5, 0.6) is 0 Å². The molecule has 0 aliphatic carbocycles. The van der Waals surface area contributed by atoms with Crippen LogP contribution < -0.4 is 5.32 Å². The summed E-state index contributed by atoms with van der Waals surface area (Å²) in [7, 11) is 2.12.